The number of hydrogen-bond donors (Lipinski definition) is 2. The molecule has 2 nitrogen and oxygen atoms in total. The second-order valence-electron chi connectivity index (χ2n) is 4.33. The van der Waals surface area contributed by atoms with Crippen LogP contribution in [0.1, 0.15) is 31.7 Å². The monoisotopic (exact) mass is 218 g/mol. The Morgan fingerprint density at radius 3 is 2.50 bits per heavy atom. The van der Waals surface area contributed by atoms with Crippen molar-refractivity contribution >= 4 is 6.08 Å². The van der Waals surface area contributed by atoms with E-state index in [1.807, 2.05) is 18.2 Å². The lowest BCUT2D eigenvalue weighted by Gasteiger charge is -2.25. The molecule has 4 N–H and O–H groups in total. The van der Waals surface area contributed by atoms with Gasteiger partial charge in [0.15, 0.2) is 0 Å². The quantitative estimate of drug-likeness (QED) is 0.771. The number of nitrogens with two attached hydrogens (primary N) is 2. The molecule has 1 rings (SSSR count). The van der Waals surface area contributed by atoms with E-state index in [1.54, 1.807) is 0 Å². The fourth-order valence-corrected chi connectivity index (χ4v) is 1.78. The topological polar surface area (TPSA) is 52.0 Å². The Bertz CT molecular complexity index is 319. The van der Waals surface area contributed by atoms with Gasteiger partial charge in [0.1, 0.15) is 0 Å². The Labute approximate surface area is 98.3 Å². The maximum atomic E-state index is 6.20. The van der Waals surface area contributed by atoms with Crippen molar-refractivity contribution < 1.29 is 0 Å². The molecular formula is C14H22N2. The van der Waals surface area contributed by atoms with E-state index in [0.717, 1.165) is 19.3 Å². The zero-order valence-corrected chi connectivity index (χ0v) is 10.0. The van der Waals surface area contributed by atoms with Gasteiger partial charge in [0.05, 0.1) is 0 Å². The van der Waals surface area contributed by atoms with Crippen LogP contribution in [0.4, 0.5) is 0 Å². The molecule has 0 heterocycles. The standard InChI is InChI=1S/C14H22N2/c1-2-10-14(16,12-15)11-6-9-13-7-4-3-5-8-13/h3-9H,2,10-12,15-16H2,1H3/b9-6+. The Hall–Kier alpha value is -1.12. The maximum absolute atomic E-state index is 6.20. The van der Waals surface area contributed by atoms with Gasteiger partial charge in [0, 0.05) is 12.1 Å². The van der Waals surface area contributed by atoms with E-state index in [-0.39, 0.29) is 5.54 Å². The van der Waals surface area contributed by atoms with Crippen LogP contribution >= 0.6 is 0 Å². The summed E-state index contributed by atoms with van der Waals surface area (Å²) in [5.41, 5.74) is 12.9. The van der Waals surface area contributed by atoms with Crippen molar-refractivity contribution in [2.45, 2.75) is 31.7 Å². The number of rotatable bonds is 6. The van der Waals surface area contributed by atoms with Gasteiger partial charge in [-0.2, -0.15) is 0 Å². The first kappa shape index (κ1) is 12.9. The highest BCUT2D eigenvalue weighted by atomic mass is 14.8. The normalized spacial score (nSPS) is 15.2. The molecule has 1 aromatic rings. The van der Waals surface area contributed by atoms with Gasteiger partial charge in [0.2, 0.25) is 0 Å². The lowest BCUT2D eigenvalue weighted by Crippen LogP contribution is -2.46. The van der Waals surface area contributed by atoms with Crippen molar-refractivity contribution in [1.82, 2.24) is 0 Å². The summed E-state index contributed by atoms with van der Waals surface area (Å²) in [5, 5.41) is 0. The minimum atomic E-state index is -0.236. The molecule has 0 aromatic heterocycles. The average molecular weight is 218 g/mol. The van der Waals surface area contributed by atoms with Crippen LogP contribution in [0, 0.1) is 0 Å². The summed E-state index contributed by atoms with van der Waals surface area (Å²) in [6.07, 6.45) is 7.12. The summed E-state index contributed by atoms with van der Waals surface area (Å²) in [6, 6.07) is 10.2. The van der Waals surface area contributed by atoms with Crippen LogP contribution in [0.5, 0.6) is 0 Å². The van der Waals surface area contributed by atoms with Gasteiger partial charge in [0.25, 0.3) is 0 Å². The molecule has 0 spiro atoms. The van der Waals surface area contributed by atoms with Gasteiger partial charge >= 0.3 is 0 Å². The largest absolute Gasteiger partial charge is 0.329 e. The summed E-state index contributed by atoms with van der Waals surface area (Å²) in [7, 11) is 0. The fourth-order valence-electron chi connectivity index (χ4n) is 1.78. The van der Waals surface area contributed by atoms with Crippen molar-refractivity contribution in [3.05, 3.63) is 42.0 Å². The summed E-state index contributed by atoms with van der Waals surface area (Å²) < 4.78 is 0. The van der Waals surface area contributed by atoms with Crippen LogP contribution in [0.2, 0.25) is 0 Å². The lowest BCUT2D eigenvalue weighted by molar-refractivity contribution is 0.403. The van der Waals surface area contributed by atoms with Gasteiger partial charge in [-0.1, -0.05) is 55.8 Å². The highest BCUT2D eigenvalue weighted by Crippen LogP contribution is 2.14. The van der Waals surface area contributed by atoms with Gasteiger partial charge in [-0.05, 0) is 18.4 Å². The van der Waals surface area contributed by atoms with E-state index in [9.17, 15) is 0 Å². The number of benzene rings is 1. The van der Waals surface area contributed by atoms with Crippen molar-refractivity contribution in [2.24, 2.45) is 11.5 Å². The Morgan fingerprint density at radius 1 is 1.25 bits per heavy atom. The van der Waals surface area contributed by atoms with Gasteiger partial charge in [-0.3, -0.25) is 0 Å². The molecule has 0 fully saturated rings. The third-order valence-electron chi connectivity index (χ3n) is 2.79. The zero-order chi connectivity index (χ0) is 11.9. The summed E-state index contributed by atoms with van der Waals surface area (Å²) >= 11 is 0. The highest BCUT2D eigenvalue weighted by molar-refractivity contribution is 5.48. The Kier molecular flexibility index (Phi) is 5.23. The SMILES string of the molecule is CCCC(N)(CN)C/C=C/c1ccccc1. The van der Waals surface area contributed by atoms with Crippen LogP contribution in [-0.4, -0.2) is 12.1 Å². The molecule has 0 radical (unpaired) electrons. The molecule has 1 atom stereocenters. The van der Waals surface area contributed by atoms with Crippen molar-refractivity contribution in [3.63, 3.8) is 0 Å². The zero-order valence-electron chi connectivity index (χ0n) is 10.0. The first-order valence-electron chi connectivity index (χ1n) is 5.91. The van der Waals surface area contributed by atoms with Crippen LogP contribution < -0.4 is 11.5 Å². The van der Waals surface area contributed by atoms with Crippen LogP contribution in [0.15, 0.2) is 36.4 Å². The molecule has 0 bridgehead atoms. The van der Waals surface area contributed by atoms with E-state index < -0.39 is 0 Å². The van der Waals surface area contributed by atoms with Crippen LogP contribution in [0.3, 0.4) is 0 Å². The van der Waals surface area contributed by atoms with Crippen molar-refractivity contribution in [2.75, 3.05) is 6.54 Å². The molecule has 2 heteroatoms. The first-order chi connectivity index (χ1) is 7.70. The molecule has 88 valence electrons. The minimum absolute atomic E-state index is 0.236. The van der Waals surface area contributed by atoms with Crippen molar-refractivity contribution in [3.8, 4) is 0 Å². The Balaban J connectivity index is 2.52. The van der Waals surface area contributed by atoms with Crippen LogP contribution in [-0.2, 0) is 0 Å². The maximum Gasteiger partial charge on any atom is 0.0313 e. The van der Waals surface area contributed by atoms with E-state index in [0.29, 0.717) is 6.54 Å². The minimum Gasteiger partial charge on any atom is -0.329 e. The first-order valence-corrected chi connectivity index (χ1v) is 5.91. The fraction of sp³-hybridized carbons (Fsp3) is 0.429. The van der Waals surface area contributed by atoms with Crippen molar-refractivity contribution in [1.29, 1.82) is 0 Å². The molecule has 0 aliphatic heterocycles. The predicted molar refractivity (Wildman–Crippen MR) is 71.0 cm³/mol. The van der Waals surface area contributed by atoms with Gasteiger partial charge < -0.3 is 11.5 Å². The third-order valence-corrected chi connectivity index (χ3v) is 2.79. The molecule has 16 heavy (non-hydrogen) atoms. The molecule has 0 saturated carbocycles. The van der Waals surface area contributed by atoms with E-state index in [1.165, 1.54) is 5.56 Å². The second-order valence-corrected chi connectivity index (χ2v) is 4.33. The van der Waals surface area contributed by atoms with Crippen LogP contribution in [0.25, 0.3) is 6.08 Å². The summed E-state index contributed by atoms with van der Waals surface area (Å²) in [4.78, 5) is 0. The lowest BCUT2D eigenvalue weighted by atomic mass is 9.91. The molecular weight excluding hydrogens is 196 g/mol. The van der Waals surface area contributed by atoms with E-state index >= 15 is 0 Å². The highest BCUT2D eigenvalue weighted by Gasteiger charge is 2.19. The molecule has 1 unspecified atom stereocenters. The number of hydrogen-bond acceptors (Lipinski definition) is 2. The van der Waals surface area contributed by atoms with E-state index in [2.05, 4.69) is 31.2 Å². The summed E-state index contributed by atoms with van der Waals surface area (Å²) in [5.74, 6) is 0. The smallest absolute Gasteiger partial charge is 0.0313 e. The Morgan fingerprint density at radius 2 is 1.94 bits per heavy atom. The molecule has 0 aliphatic carbocycles. The predicted octanol–water partition coefficient (Wildman–Crippen LogP) is 2.55. The van der Waals surface area contributed by atoms with Gasteiger partial charge in [-0.25, -0.2) is 0 Å². The van der Waals surface area contributed by atoms with Gasteiger partial charge in [-0.15, -0.1) is 0 Å². The molecule has 0 aliphatic rings. The molecule has 0 amide bonds. The average Bonchev–Trinajstić information content (AvgIpc) is 2.31. The summed E-state index contributed by atoms with van der Waals surface area (Å²) in [6.45, 7) is 2.68. The molecule has 1 aromatic carbocycles. The third kappa shape index (κ3) is 4.17. The van der Waals surface area contributed by atoms with E-state index in [4.69, 9.17) is 11.5 Å². The molecule has 0 saturated heterocycles. The second kappa shape index (κ2) is 6.46.